The number of rotatable bonds is 5. The van der Waals surface area contributed by atoms with Gasteiger partial charge in [0.2, 0.25) is 0 Å². The van der Waals surface area contributed by atoms with Gasteiger partial charge in [0.25, 0.3) is 5.69 Å². The summed E-state index contributed by atoms with van der Waals surface area (Å²) in [6.07, 6.45) is 1.48. The van der Waals surface area contributed by atoms with Crippen molar-refractivity contribution < 1.29 is 14.4 Å². The minimum atomic E-state index is -0.465. The van der Waals surface area contributed by atoms with Crippen molar-refractivity contribution in [1.82, 2.24) is 4.98 Å². The highest BCUT2D eigenvalue weighted by Crippen LogP contribution is 2.25. The number of nitro benzene ring substituents is 1. The van der Waals surface area contributed by atoms with E-state index >= 15 is 0 Å². The van der Waals surface area contributed by atoms with Gasteiger partial charge in [0.1, 0.15) is 23.3 Å². The summed E-state index contributed by atoms with van der Waals surface area (Å²) < 4.78 is 10.6. The van der Waals surface area contributed by atoms with E-state index in [1.165, 1.54) is 31.5 Å². The summed E-state index contributed by atoms with van der Waals surface area (Å²) in [5.41, 5.74) is 0.565. The minimum absolute atomic E-state index is 0.0152. The standard InChI is InChI=1S/C13H11ClN2O4/c1-19-12-4-2-10(16(17)18)6-9(12)8-20-11-3-5-13(14)15-7-11/h2-7H,8H2,1H3. The summed E-state index contributed by atoms with van der Waals surface area (Å²) >= 11 is 5.67. The molecule has 0 atom stereocenters. The molecule has 0 N–H and O–H groups in total. The molecule has 6 nitrogen and oxygen atoms in total. The van der Waals surface area contributed by atoms with Gasteiger partial charge in [-0.25, -0.2) is 4.98 Å². The molecular formula is C13H11ClN2O4. The number of aromatic nitrogens is 1. The van der Waals surface area contributed by atoms with Crippen molar-refractivity contribution in [3.8, 4) is 11.5 Å². The number of ether oxygens (including phenoxy) is 2. The predicted molar refractivity (Wildman–Crippen MR) is 73.2 cm³/mol. The molecular weight excluding hydrogens is 284 g/mol. The first kappa shape index (κ1) is 14.1. The van der Waals surface area contributed by atoms with Crippen LogP contribution in [0.4, 0.5) is 5.69 Å². The van der Waals surface area contributed by atoms with Gasteiger partial charge < -0.3 is 9.47 Å². The van der Waals surface area contributed by atoms with Crippen molar-refractivity contribution in [2.45, 2.75) is 6.61 Å². The lowest BCUT2D eigenvalue weighted by Gasteiger charge is -2.10. The summed E-state index contributed by atoms with van der Waals surface area (Å²) in [6, 6.07) is 7.60. The Morgan fingerprint density at radius 2 is 2.15 bits per heavy atom. The maximum atomic E-state index is 10.8. The lowest BCUT2D eigenvalue weighted by Crippen LogP contribution is -2.00. The molecule has 1 heterocycles. The van der Waals surface area contributed by atoms with E-state index < -0.39 is 4.92 Å². The minimum Gasteiger partial charge on any atom is -0.496 e. The van der Waals surface area contributed by atoms with Crippen LogP contribution < -0.4 is 9.47 Å². The second-order valence-corrected chi connectivity index (χ2v) is 4.25. The Balaban J connectivity index is 2.16. The Bertz CT molecular complexity index is 616. The van der Waals surface area contributed by atoms with Crippen LogP contribution in [0.15, 0.2) is 36.5 Å². The molecule has 1 aromatic carbocycles. The van der Waals surface area contributed by atoms with E-state index in [-0.39, 0.29) is 12.3 Å². The average Bonchev–Trinajstić information content (AvgIpc) is 2.46. The topological polar surface area (TPSA) is 74.5 Å². The molecule has 0 spiro atoms. The lowest BCUT2D eigenvalue weighted by atomic mass is 10.2. The van der Waals surface area contributed by atoms with Gasteiger partial charge in [0.15, 0.2) is 0 Å². The van der Waals surface area contributed by atoms with Crippen LogP contribution in [0.5, 0.6) is 11.5 Å². The van der Waals surface area contributed by atoms with Gasteiger partial charge >= 0.3 is 0 Å². The van der Waals surface area contributed by atoms with E-state index in [0.29, 0.717) is 22.2 Å². The number of hydrogen-bond acceptors (Lipinski definition) is 5. The molecule has 0 saturated carbocycles. The summed E-state index contributed by atoms with van der Waals surface area (Å²) in [5, 5.41) is 11.1. The van der Waals surface area contributed by atoms with Gasteiger partial charge in [-0.3, -0.25) is 10.1 Å². The van der Waals surface area contributed by atoms with Crippen molar-refractivity contribution in [2.24, 2.45) is 0 Å². The Morgan fingerprint density at radius 1 is 1.35 bits per heavy atom. The third-order valence-electron chi connectivity index (χ3n) is 2.57. The quantitative estimate of drug-likeness (QED) is 0.481. The predicted octanol–water partition coefficient (Wildman–Crippen LogP) is 3.23. The number of nitro groups is 1. The SMILES string of the molecule is COc1ccc([N+](=O)[O-])cc1COc1ccc(Cl)nc1. The van der Waals surface area contributed by atoms with Gasteiger partial charge in [-0.1, -0.05) is 11.6 Å². The number of methoxy groups -OCH3 is 1. The molecule has 0 amide bonds. The van der Waals surface area contributed by atoms with Crippen molar-refractivity contribution >= 4 is 17.3 Å². The van der Waals surface area contributed by atoms with Crippen LogP contribution in [-0.4, -0.2) is 17.0 Å². The van der Waals surface area contributed by atoms with Crippen LogP contribution in [0.1, 0.15) is 5.56 Å². The van der Waals surface area contributed by atoms with Gasteiger partial charge in [0, 0.05) is 17.7 Å². The molecule has 1 aromatic heterocycles. The first-order chi connectivity index (χ1) is 9.60. The fraction of sp³-hybridized carbons (Fsp3) is 0.154. The van der Waals surface area contributed by atoms with Crippen LogP contribution in [-0.2, 0) is 6.61 Å². The van der Waals surface area contributed by atoms with Gasteiger partial charge in [0.05, 0.1) is 18.2 Å². The fourth-order valence-electron chi connectivity index (χ4n) is 1.60. The molecule has 7 heteroatoms. The van der Waals surface area contributed by atoms with E-state index in [1.54, 1.807) is 12.1 Å². The first-order valence-electron chi connectivity index (χ1n) is 5.66. The molecule has 0 fully saturated rings. The highest BCUT2D eigenvalue weighted by molar-refractivity contribution is 6.29. The van der Waals surface area contributed by atoms with E-state index in [4.69, 9.17) is 21.1 Å². The molecule has 0 bridgehead atoms. The van der Waals surface area contributed by atoms with Crippen LogP contribution in [0.3, 0.4) is 0 Å². The van der Waals surface area contributed by atoms with Crippen molar-refractivity contribution in [3.05, 3.63) is 57.4 Å². The van der Waals surface area contributed by atoms with Crippen molar-refractivity contribution in [2.75, 3.05) is 7.11 Å². The summed E-state index contributed by atoms with van der Waals surface area (Å²) in [7, 11) is 1.49. The molecule has 0 aliphatic rings. The summed E-state index contributed by atoms with van der Waals surface area (Å²) in [5.74, 6) is 1.04. The molecule has 0 unspecified atom stereocenters. The zero-order valence-corrected chi connectivity index (χ0v) is 11.3. The highest BCUT2D eigenvalue weighted by atomic mass is 35.5. The van der Waals surface area contributed by atoms with Gasteiger partial charge in [-0.05, 0) is 18.2 Å². The molecule has 2 rings (SSSR count). The number of pyridine rings is 1. The zero-order valence-electron chi connectivity index (χ0n) is 10.6. The fourth-order valence-corrected chi connectivity index (χ4v) is 1.71. The maximum Gasteiger partial charge on any atom is 0.270 e. The number of hydrogen-bond donors (Lipinski definition) is 0. The molecule has 0 aliphatic heterocycles. The average molecular weight is 295 g/mol. The number of nitrogens with zero attached hydrogens (tertiary/aromatic N) is 2. The molecule has 0 radical (unpaired) electrons. The van der Waals surface area contributed by atoms with E-state index in [2.05, 4.69) is 4.98 Å². The van der Waals surface area contributed by atoms with Crippen molar-refractivity contribution in [1.29, 1.82) is 0 Å². The Morgan fingerprint density at radius 3 is 2.75 bits per heavy atom. The monoisotopic (exact) mass is 294 g/mol. The first-order valence-corrected chi connectivity index (χ1v) is 6.03. The van der Waals surface area contributed by atoms with Crippen LogP contribution in [0, 0.1) is 10.1 Å². The smallest absolute Gasteiger partial charge is 0.270 e. The van der Waals surface area contributed by atoms with Gasteiger partial charge in [-0.2, -0.15) is 0 Å². The third-order valence-corrected chi connectivity index (χ3v) is 2.79. The highest BCUT2D eigenvalue weighted by Gasteiger charge is 2.12. The Kier molecular flexibility index (Phi) is 4.37. The maximum absolute atomic E-state index is 10.8. The Hall–Kier alpha value is -2.34. The number of halogens is 1. The molecule has 0 saturated heterocycles. The van der Waals surface area contributed by atoms with Crippen molar-refractivity contribution in [3.63, 3.8) is 0 Å². The second-order valence-electron chi connectivity index (χ2n) is 3.86. The molecule has 104 valence electrons. The molecule has 20 heavy (non-hydrogen) atoms. The van der Waals surface area contributed by atoms with E-state index in [0.717, 1.165) is 0 Å². The zero-order chi connectivity index (χ0) is 14.5. The van der Waals surface area contributed by atoms with Crippen LogP contribution in [0.2, 0.25) is 5.15 Å². The van der Waals surface area contributed by atoms with E-state index in [1.807, 2.05) is 0 Å². The Labute approximate surface area is 120 Å². The van der Waals surface area contributed by atoms with Crippen LogP contribution >= 0.6 is 11.6 Å². The molecule has 2 aromatic rings. The third kappa shape index (κ3) is 3.36. The normalized spacial score (nSPS) is 10.1. The number of non-ortho nitro benzene ring substituents is 1. The van der Waals surface area contributed by atoms with E-state index in [9.17, 15) is 10.1 Å². The lowest BCUT2D eigenvalue weighted by molar-refractivity contribution is -0.385. The van der Waals surface area contributed by atoms with Gasteiger partial charge in [-0.15, -0.1) is 0 Å². The molecule has 0 aliphatic carbocycles. The number of benzene rings is 1. The van der Waals surface area contributed by atoms with Crippen LogP contribution in [0.25, 0.3) is 0 Å². The largest absolute Gasteiger partial charge is 0.496 e. The summed E-state index contributed by atoms with van der Waals surface area (Å²) in [6.45, 7) is 0.133. The summed E-state index contributed by atoms with van der Waals surface area (Å²) in [4.78, 5) is 14.2. The second kappa shape index (κ2) is 6.21.